The van der Waals surface area contributed by atoms with Crippen molar-refractivity contribution in [2.45, 2.75) is 19.3 Å². The fourth-order valence-corrected chi connectivity index (χ4v) is 9.01. The molecule has 0 atom stereocenters. The van der Waals surface area contributed by atoms with Gasteiger partial charge in [0.2, 0.25) is 0 Å². The Morgan fingerprint density at radius 3 is 1.73 bits per heavy atom. The third kappa shape index (κ3) is 4.86. The van der Waals surface area contributed by atoms with Crippen LogP contribution in [0.2, 0.25) is 0 Å². The summed E-state index contributed by atoms with van der Waals surface area (Å²) in [5.41, 5.74) is 10.4. The van der Waals surface area contributed by atoms with Gasteiger partial charge in [-0.15, -0.1) is 0 Å². The average Bonchev–Trinajstić information content (AvgIpc) is 3.48. The van der Waals surface area contributed by atoms with Crippen LogP contribution < -0.4 is 0 Å². The van der Waals surface area contributed by atoms with Crippen molar-refractivity contribution in [1.82, 2.24) is 15.0 Å². The van der Waals surface area contributed by atoms with Gasteiger partial charge in [-0.3, -0.25) is 0 Å². The van der Waals surface area contributed by atoms with Crippen molar-refractivity contribution < 1.29 is 0 Å². The van der Waals surface area contributed by atoms with Crippen LogP contribution in [-0.2, 0) is 5.41 Å². The van der Waals surface area contributed by atoms with Gasteiger partial charge in [0, 0.05) is 22.1 Å². The molecule has 1 aliphatic carbocycles. The highest BCUT2D eigenvalue weighted by Crippen LogP contribution is 2.50. The smallest absolute Gasteiger partial charge is 0.164 e. The van der Waals surface area contributed by atoms with E-state index in [0.29, 0.717) is 17.5 Å². The van der Waals surface area contributed by atoms with Crippen LogP contribution in [0.15, 0.2) is 176 Å². The molecule has 10 aromatic rings. The molecule has 3 nitrogen and oxygen atoms in total. The Labute approximate surface area is 319 Å². The largest absolute Gasteiger partial charge is 0.208 e. The van der Waals surface area contributed by atoms with E-state index in [-0.39, 0.29) is 5.41 Å². The van der Waals surface area contributed by atoms with Gasteiger partial charge >= 0.3 is 0 Å². The fraction of sp³-hybridized carbons (Fsp3) is 0.0577. The number of hydrogen-bond acceptors (Lipinski definition) is 3. The normalized spacial score (nSPS) is 13.1. The lowest BCUT2D eigenvalue weighted by Gasteiger charge is -2.21. The topological polar surface area (TPSA) is 38.7 Å². The molecule has 1 heterocycles. The number of rotatable bonds is 4. The van der Waals surface area contributed by atoms with E-state index < -0.39 is 0 Å². The first-order valence-electron chi connectivity index (χ1n) is 18.9. The van der Waals surface area contributed by atoms with Crippen LogP contribution in [0.3, 0.4) is 0 Å². The van der Waals surface area contributed by atoms with Crippen molar-refractivity contribution in [3.8, 4) is 56.4 Å². The summed E-state index contributed by atoms with van der Waals surface area (Å²) in [6, 6.07) is 63.2. The predicted octanol–water partition coefficient (Wildman–Crippen LogP) is 13.5. The molecule has 1 aliphatic rings. The molecule has 0 radical (unpaired) electrons. The summed E-state index contributed by atoms with van der Waals surface area (Å²) in [7, 11) is 0. The van der Waals surface area contributed by atoms with Crippen molar-refractivity contribution in [2.75, 3.05) is 0 Å². The molecule has 3 heteroatoms. The fourth-order valence-electron chi connectivity index (χ4n) is 9.01. The lowest BCUT2D eigenvalue weighted by atomic mass is 9.82. The summed E-state index contributed by atoms with van der Waals surface area (Å²) in [4.78, 5) is 15.6. The van der Waals surface area contributed by atoms with E-state index in [0.717, 1.165) is 27.5 Å². The number of hydrogen-bond donors (Lipinski definition) is 0. The molecule has 0 amide bonds. The minimum absolute atomic E-state index is 0.135. The monoisotopic (exact) mass is 701 g/mol. The van der Waals surface area contributed by atoms with Gasteiger partial charge in [-0.25, -0.2) is 15.0 Å². The lowest BCUT2D eigenvalue weighted by Crippen LogP contribution is -2.15. The molecular formula is C52H35N3. The maximum Gasteiger partial charge on any atom is 0.164 e. The zero-order chi connectivity index (χ0) is 36.7. The zero-order valence-corrected chi connectivity index (χ0v) is 30.6. The van der Waals surface area contributed by atoms with Gasteiger partial charge in [-0.05, 0) is 94.7 Å². The minimum Gasteiger partial charge on any atom is -0.208 e. The van der Waals surface area contributed by atoms with E-state index in [2.05, 4.69) is 172 Å². The second-order valence-corrected chi connectivity index (χ2v) is 15.2. The van der Waals surface area contributed by atoms with Crippen LogP contribution >= 0.6 is 0 Å². The van der Waals surface area contributed by atoms with E-state index in [1.165, 1.54) is 65.7 Å². The minimum atomic E-state index is -0.135. The first-order valence-corrected chi connectivity index (χ1v) is 18.9. The van der Waals surface area contributed by atoms with Gasteiger partial charge in [-0.2, -0.15) is 0 Å². The second-order valence-electron chi connectivity index (χ2n) is 15.2. The molecular weight excluding hydrogens is 667 g/mol. The van der Waals surface area contributed by atoms with Crippen LogP contribution in [0.1, 0.15) is 25.0 Å². The Bertz CT molecular complexity index is 3180. The van der Waals surface area contributed by atoms with Crippen LogP contribution in [-0.4, -0.2) is 15.0 Å². The van der Waals surface area contributed by atoms with Gasteiger partial charge in [0.15, 0.2) is 17.5 Å². The molecule has 0 saturated heterocycles. The number of aromatic nitrogens is 3. The maximum absolute atomic E-state index is 5.29. The molecule has 0 unspecified atom stereocenters. The average molecular weight is 702 g/mol. The van der Waals surface area contributed by atoms with Crippen molar-refractivity contribution in [3.05, 3.63) is 187 Å². The van der Waals surface area contributed by atoms with Crippen LogP contribution in [0, 0.1) is 0 Å². The summed E-state index contributed by atoms with van der Waals surface area (Å²) in [6.45, 7) is 4.62. The van der Waals surface area contributed by atoms with Crippen molar-refractivity contribution in [2.24, 2.45) is 0 Å². The van der Waals surface area contributed by atoms with Gasteiger partial charge < -0.3 is 0 Å². The molecule has 0 bridgehead atoms. The quantitative estimate of drug-likeness (QED) is 0.135. The summed E-state index contributed by atoms with van der Waals surface area (Å²) >= 11 is 0. The van der Waals surface area contributed by atoms with Gasteiger partial charge in [0.05, 0.1) is 0 Å². The molecule has 0 aliphatic heterocycles. The van der Waals surface area contributed by atoms with Crippen LogP contribution in [0.25, 0.3) is 99.5 Å². The Morgan fingerprint density at radius 1 is 0.327 bits per heavy atom. The van der Waals surface area contributed by atoms with Crippen molar-refractivity contribution in [1.29, 1.82) is 0 Å². The standard InChI is InChI=1S/C52H35N3/c1-52(2)46-23-13-12-22-40(46)41-26-25-35(31-47(41)52)50-53-49(33-15-4-3-5-16-33)54-51(55-50)44-29-28-42(38-20-10-11-21-39(38)44)48-37-19-9-7-17-34(37)30-45-36-18-8-6-14-32(36)24-27-43(45)48/h3-31H,1-2H3. The third-order valence-corrected chi connectivity index (χ3v) is 11.7. The second kappa shape index (κ2) is 12.0. The third-order valence-electron chi connectivity index (χ3n) is 11.7. The number of benzene rings is 9. The lowest BCUT2D eigenvalue weighted by molar-refractivity contribution is 0.660. The summed E-state index contributed by atoms with van der Waals surface area (Å²) < 4.78 is 0. The van der Waals surface area contributed by atoms with Crippen molar-refractivity contribution >= 4 is 43.1 Å². The Kier molecular flexibility index (Phi) is 6.90. The highest BCUT2D eigenvalue weighted by molar-refractivity contribution is 6.22. The Balaban J connectivity index is 1.14. The van der Waals surface area contributed by atoms with Crippen LogP contribution in [0.5, 0.6) is 0 Å². The highest BCUT2D eigenvalue weighted by Gasteiger charge is 2.35. The first kappa shape index (κ1) is 31.5. The molecule has 11 rings (SSSR count). The Morgan fingerprint density at radius 2 is 0.909 bits per heavy atom. The molecule has 9 aromatic carbocycles. The summed E-state index contributed by atoms with van der Waals surface area (Å²) in [5.74, 6) is 1.98. The van der Waals surface area contributed by atoms with Gasteiger partial charge in [-0.1, -0.05) is 172 Å². The van der Waals surface area contributed by atoms with E-state index in [1.807, 2.05) is 18.2 Å². The Hall–Kier alpha value is -6.97. The number of nitrogens with zero attached hydrogens (tertiary/aromatic N) is 3. The zero-order valence-electron chi connectivity index (χ0n) is 30.6. The van der Waals surface area contributed by atoms with E-state index in [4.69, 9.17) is 15.0 Å². The van der Waals surface area contributed by atoms with Crippen LogP contribution in [0.4, 0.5) is 0 Å². The molecule has 0 spiro atoms. The highest BCUT2D eigenvalue weighted by atomic mass is 15.0. The molecule has 55 heavy (non-hydrogen) atoms. The predicted molar refractivity (Wildman–Crippen MR) is 229 cm³/mol. The molecule has 1 aromatic heterocycles. The van der Waals surface area contributed by atoms with E-state index >= 15 is 0 Å². The summed E-state index contributed by atoms with van der Waals surface area (Å²) in [5, 5.41) is 9.73. The van der Waals surface area contributed by atoms with E-state index in [9.17, 15) is 0 Å². The molecule has 0 N–H and O–H groups in total. The van der Waals surface area contributed by atoms with Gasteiger partial charge in [0.25, 0.3) is 0 Å². The molecule has 0 fully saturated rings. The van der Waals surface area contributed by atoms with E-state index in [1.54, 1.807) is 0 Å². The molecule has 0 saturated carbocycles. The first-order chi connectivity index (χ1) is 27.0. The maximum atomic E-state index is 5.29. The SMILES string of the molecule is CC1(C)c2ccccc2-c2ccc(-c3nc(-c4ccccc4)nc(-c4ccc(-c5c6ccccc6cc6c5ccc5ccccc56)c5ccccc45)n3)cc21. The number of fused-ring (bicyclic) bond motifs is 8. The molecule has 258 valence electrons. The van der Waals surface area contributed by atoms with Crippen molar-refractivity contribution in [3.63, 3.8) is 0 Å². The summed E-state index contributed by atoms with van der Waals surface area (Å²) in [6.07, 6.45) is 0. The van der Waals surface area contributed by atoms with Gasteiger partial charge in [0.1, 0.15) is 0 Å².